The summed E-state index contributed by atoms with van der Waals surface area (Å²) < 4.78 is 2.33. The smallest absolute Gasteiger partial charge is 0.0711 e. The first-order valence-electron chi connectivity index (χ1n) is 3.68. The summed E-state index contributed by atoms with van der Waals surface area (Å²) in [5.41, 5.74) is 1.09. The minimum absolute atomic E-state index is 0.518. The minimum atomic E-state index is 0.518. The molecule has 0 saturated carbocycles. The first-order chi connectivity index (χ1) is 6.22. The van der Waals surface area contributed by atoms with Gasteiger partial charge in [-0.05, 0) is 32.9 Å². The highest BCUT2D eigenvalue weighted by molar-refractivity contribution is 9.11. The molecule has 0 amide bonds. The van der Waals surface area contributed by atoms with Gasteiger partial charge in [0.1, 0.15) is 0 Å². The summed E-state index contributed by atoms with van der Waals surface area (Å²) in [7, 11) is 0. The Kier molecular flexibility index (Phi) is 2.88. The number of hydrogen-bond acceptors (Lipinski definition) is 2. The highest BCUT2D eigenvalue weighted by Crippen LogP contribution is 2.35. The van der Waals surface area contributed by atoms with Crippen LogP contribution in [-0.4, -0.2) is 0 Å². The van der Waals surface area contributed by atoms with Gasteiger partial charge in [0.25, 0.3) is 0 Å². The minimum Gasteiger partial charge on any atom is -0.142 e. The van der Waals surface area contributed by atoms with Crippen LogP contribution in [0.3, 0.4) is 0 Å². The van der Waals surface area contributed by atoms with Crippen LogP contribution in [0.1, 0.15) is 5.56 Å². The zero-order valence-electron chi connectivity index (χ0n) is 6.55. The van der Waals surface area contributed by atoms with Gasteiger partial charge >= 0.3 is 0 Å². The third-order valence-electron chi connectivity index (χ3n) is 1.86. The molecule has 0 spiro atoms. The molecule has 1 aromatic carbocycles. The van der Waals surface area contributed by atoms with E-state index in [1.54, 1.807) is 11.3 Å². The number of thiophene rings is 1. The van der Waals surface area contributed by atoms with Crippen molar-refractivity contribution in [2.24, 2.45) is 0 Å². The molecule has 2 rings (SSSR count). The lowest BCUT2D eigenvalue weighted by Crippen LogP contribution is -1.79. The van der Waals surface area contributed by atoms with E-state index in [0.717, 1.165) is 14.2 Å². The van der Waals surface area contributed by atoms with Crippen molar-refractivity contribution in [3.8, 4) is 0 Å². The standard InChI is InChI=1S/C9H6BrClS2/c10-7-3-5-1-2-6(4-11)8(12)9(5)13-7/h1-3,12H,4H2. The van der Waals surface area contributed by atoms with Gasteiger partial charge in [0.2, 0.25) is 0 Å². The van der Waals surface area contributed by atoms with Crippen molar-refractivity contribution in [2.45, 2.75) is 10.8 Å². The van der Waals surface area contributed by atoms with Crippen LogP contribution in [0.25, 0.3) is 10.1 Å². The lowest BCUT2D eigenvalue weighted by Gasteiger charge is -2.00. The first kappa shape index (κ1) is 9.84. The number of fused-ring (bicyclic) bond motifs is 1. The molecule has 68 valence electrons. The van der Waals surface area contributed by atoms with Crippen molar-refractivity contribution in [1.82, 2.24) is 0 Å². The Morgan fingerprint density at radius 2 is 2.23 bits per heavy atom. The van der Waals surface area contributed by atoms with E-state index in [-0.39, 0.29) is 0 Å². The van der Waals surface area contributed by atoms with Gasteiger partial charge in [-0.3, -0.25) is 0 Å². The van der Waals surface area contributed by atoms with Crippen LogP contribution in [-0.2, 0) is 5.88 Å². The van der Waals surface area contributed by atoms with Gasteiger partial charge in [-0.1, -0.05) is 12.1 Å². The molecule has 1 aromatic heterocycles. The molecule has 0 nitrogen and oxygen atoms in total. The number of rotatable bonds is 1. The third-order valence-corrected chi connectivity index (χ3v) is 4.48. The molecule has 0 fully saturated rings. The Hall–Kier alpha value is 0.300. The summed E-state index contributed by atoms with van der Waals surface area (Å²) in [6.45, 7) is 0. The molecule has 0 aliphatic rings. The van der Waals surface area contributed by atoms with Crippen LogP contribution in [0.4, 0.5) is 0 Å². The van der Waals surface area contributed by atoms with Crippen molar-refractivity contribution >= 4 is 61.6 Å². The molecule has 13 heavy (non-hydrogen) atoms. The summed E-state index contributed by atoms with van der Waals surface area (Å²) in [4.78, 5) is 1.00. The highest BCUT2D eigenvalue weighted by Gasteiger charge is 2.06. The van der Waals surface area contributed by atoms with E-state index in [4.69, 9.17) is 11.6 Å². The van der Waals surface area contributed by atoms with E-state index in [9.17, 15) is 0 Å². The fourth-order valence-electron chi connectivity index (χ4n) is 1.21. The SMILES string of the molecule is Sc1c(CCl)ccc2cc(Br)sc12. The summed E-state index contributed by atoms with van der Waals surface area (Å²) in [5, 5.41) is 1.22. The highest BCUT2D eigenvalue weighted by atomic mass is 79.9. The van der Waals surface area contributed by atoms with Gasteiger partial charge in [0.15, 0.2) is 0 Å². The molecule has 0 unspecified atom stereocenters. The topological polar surface area (TPSA) is 0 Å². The molecular formula is C9H6BrClS2. The monoisotopic (exact) mass is 292 g/mol. The fourth-order valence-corrected chi connectivity index (χ4v) is 3.53. The Morgan fingerprint density at radius 3 is 2.92 bits per heavy atom. The Morgan fingerprint density at radius 1 is 1.46 bits per heavy atom. The quantitative estimate of drug-likeness (QED) is 0.572. The normalized spacial score (nSPS) is 11.0. The molecule has 0 N–H and O–H groups in total. The molecule has 2 aromatic rings. The lowest BCUT2D eigenvalue weighted by atomic mass is 10.2. The third kappa shape index (κ3) is 1.75. The van der Waals surface area contributed by atoms with Crippen LogP contribution in [0, 0.1) is 0 Å². The Labute approximate surface area is 99.4 Å². The van der Waals surface area contributed by atoms with Gasteiger partial charge in [0, 0.05) is 15.5 Å². The zero-order chi connectivity index (χ0) is 9.42. The second kappa shape index (κ2) is 3.81. The van der Waals surface area contributed by atoms with E-state index in [2.05, 4.69) is 40.7 Å². The number of thiol groups is 1. The second-order valence-corrected chi connectivity index (χ2v) is 5.82. The van der Waals surface area contributed by atoms with Crippen LogP contribution in [0.5, 0.6) is 0 Å². The molecule has 0 bridgehead atoms. The maximum Gasteiger partial charge on any atom is 0.0711 e. The maximum absolute atomic E-state index is 5.78. The van der Waals surface area contributed by atoms with Crippen LogP contribution < -0.4 is 0 Å². The molecule has 0 aliphatic heterocycles. The van der Waals surface area contributed by atoms with Crippen molar-refractivity contribution in [3.05, 3.63) is 27.5 Å². The number of alkyl halides is 1. The van der Waals surface area contributed by atoms with E-state index in [1.165, 1.54) is 10.1 Å². The van der Waals surface area contributed by atoms with Gasteiger partial charge < -0.3 is 0 Å². The van der Waals surface area contributed by atoms with Gasteiger partial charge in [-0.15, -0.1) is 35.6 Å². The zero-order valence-corrected chi connectivity index (χ0v) is 10.6. The van der Waals surface area contributed by atoms with E-state index < -0.39 is 0 Å². The number of hydrogen-bond donors (Lipinski definition) is 1. The molecule has 1 heterocycles. The lowest BCUT2D eigenvalue weighted by molar-refractivity contribution is 1.32. The average Bonchev–Trinajstić information content (AvgIpc) is 2.47. The first-order valence-corrected chi connectivity index (χ1v) is 6.27. The summed E-state index contributed by atoms with van der Waals surface area (Å²) in [5.74, 6) is 0.518. The Balaban J connectivity index is 2.78. The van der Waals surface area contributed by atoms with Crippen molar-refractivity contribution in [1.29, 1.82) is 0 Å². The van der Waals surface area contributed by atoms with E-state index in [0.29, 0.717) is 5.88 Å². The number of benzene rings is 1. The average molecular weight is 294 g/mol. The van der Waals surface area contributed by atoms with Gasteiger partial charge in [0.05, 0.1) is 3.79 Å². The predicted octanol–water partition coefficient (Wildman–Crippen LogP) is 4.69. The van der Waals surface area contributed by atoms with Crippen LogP contribution in [0.15, 0.2) is 26.9 Å². The van der Waals surface area contributed by atoms with Gasteiger partial charge in [-0.2, -0.15) is 0 Å². The summed E-state index contributed by atoms with van der Waals surface area (Å²) in [6, 6.07) is 6.20. The number of halogens is 2. The molecule has 0 atom stereocenters. The fraction of sp³-hybridized carbons (Fsp3) is 0.111. The summed E-state index contributed by atoms with van der Waals surface area (Å²) >= 11 is 15.4. The van der Waals surface area contributed by atoms with Gasteiger partial charge in [-0.25, -0.2) is 0 Å². The summed E-state index contributed by atoms with van der Waals surface area (Å²) in [6.07, 6.45) is 0. The molecule has 0 saturated heterocycles. The molecular weight excluding hydrogens is 288 g/mol. The van der Waals surface area contributed by atoms with Crippen molar-refractivity contribution in [2.75, 3.05) is 0 Å². The van der Waals surface area contributed by atoms with Crippen molar-refractivity contribution in [3.63, 3.8) is 0 Å². The largest absolute Gasteiger partial charge is 0.142 e. The van der Waals surface area contributed by atoms with E-state index >= 15 is 0 Å². The predicted molar refractivity (Wildman–Crippen MR) is 66.3 cm³/mol. The van der Waals surface area contributed by atoms with Crippen LogP contribution >= 0.6 is 51.5 Å². The molecule has 0 radical (unpaired) electrons. The van der Waals surface area contributed by atoms with E-state index in [1.807, 2.05) is 6.07 Å². The molecule has 0 aliphatic carbocycles. The maximum atomic E-state index is 5.78. The van der Waals surface area contributed by atoms with Crippen LogP contribution in [0.2, 0.25) is 0 Å². The second-order valence-electron chi connectivity index (χ2n) is 2.68. The van der Waals surface area contributed by atoms with Crippen molar-refractivity contribution < 1.29 is 0 Å². The molecule has 4 heteroatoms. The Bertz CT molecular complexity index is 450.